The molecule has 2 aromatic rings. The van der Waals surface area contributed by atoms with Crippen molar-refractivity contribution in [3.05, 3.63) is 52.8 Å². The molecular formula is C10H7NO4. The van der Waals surface area contributed by atoms with E-state index in [1.807, 2.05) is 0 Å². The van der Waals surface area contributed by atoms with Crippen molar-refractivity contribution in [2.45, 2.75) is 0 Å². The molecule has 0 unspecified atom stereocenters. The van der Waals surface area contributed by atoms with Gasteiger partial charge in [0.15, 0.2) is 5.75 Å². The van der Waals surface area contributed by atoms with Gasteiger partial charge in [0.25, 0.3) is 5.56 Å². The highest BCUT2D eigenvalue weighted by Crippen LogP contribution is 2.06. The van der Waals surface area contributed by atoms with E-state index in [0.717, 1.165) is 0 Å². The summed E-state index contributed by atoms with van der Waals surface area (Å²) in [6.45, 7) is 0. The highest BCUT2D eigenvalue weighted by atomic mass is 16.5. The molecule has 1 N–H and O–H groups in total. The van der Waals surface area contributed by atoms with Crippen LogP contribution in [0.25, 0.3) is 0 Å². The average molecular weight is 205 g/mol. The first-order chi connectivity index (χ1) is 7.27. The molecule has 0 atom stereocenters. The van der Waals surface area contributed by atoms with Crippen LogP contribution < -0.4 is 10.3 Å². The number of furan rings is 1. The predicted octanol–water partition coefficient (Wildman–Crippen LogP) is 1.19. The highest BCUT2D eigenvalue weighted by Gasteiger charge is 2.12. The van der Waals surface area contributed by atoms with Gasteiger partial charge >= 0.3 is 5.97 Å². The summed E-state index contributed by atoms with van der Waals surface area (Å²) in [6, 6.07) is 5.98. The summed E-state index contributed by atoms with van der Waals surface area (Å²) in [6.07, 6.45) is 2.80. The standard InChI is InChI=1S/C10H7NO4/c12-9-7(3-1-5-11-9)15-10(13)8-4-2-6-14-8/h1-6H,(H,11,12). The van der Waals surface area contributed by atoms with Crippen LogP contribution in [0.15, 0.2) is 45.9 Å². The summed E-state index contributed by atoms with van der Waals surface area (Å²) in [5, 5.41) is 0. The van der Waals surface area contributed by atoms with Crippen molar-refractivity contribution >= 4 is 5.97 Å². The zero-order chi connectivity index (χ0) is 10.7. The van der Waals surface area contributed by atoms with Crippen LogP contribution in [-0.4, -0.2) is 11.0 Å². The molecule has 0 amide bonds. The van der Waals surface area contributed by atoms with Crippen LogP contribution in [0.3, 0.4) is 0 Å². The minimum Gasteiger partial charge on any atom is -0.457 e. The summed E-state index contributed by atoms with van der Waals surface area (Å²) in [7, 11) is 0. The fourth-order valence-corrected chi connectivity index (χ4v) is 1.03. The summed E-state index contributed by atoms with van der Waals surface area (Å²) < 4.78 is 9.63. The lowest BCUT2D eigenvalue weighted by Crippen LogP contribution is -2.15. The molecule has 0 aliphatic heterocycles. The van der Waals surface area contributed by atoms with Gasteiger partial charge < -0.3 is 14.1 Å². The molecule has 2 heterocycles. The maximum Gasteiger partial charge on any atom is 0.379 e. The summed E-state index contributed by atoms with van der Waals surface area (Å²) >= 11 is 0. The number of rotatable bonds is 2. The maximum atomic E-state index is 11.4. The van der Waals surface area contributed by atoms with E-state index in [1.54, 1.807) is 12.1 Å². The number of nitrogens with one attached hydrogen (secondary N) is 1. The van der Waals surface area contributed by atoms with Crippen molar-refractivity contribution in [1.29, 1.82) is 0 Å². The summed E-state index contributed by atoms with van der Waals surface area (Å²) in [5.41, 5.74) is -0.461. The molecule has 5 heteroatoms. The Kier molecular flexibility index (Phi) is 2.37. The van der Waals surface area contributed by atoms with Gasteiger partial charge in [0.1, 0.15) is 0 Å². The van der Waals surface area contributed by atoms with Gasteiger partial charge in [-0.1, -0.05) is 0 Å². The third-order valence-electron chi connectivity index (χ3n) is 1.71. The number of aromatic amines is 1. The SMILES string of the molecule is O=C(Oc1ccc[nH]c1=O)c1ccco1. The Labute approximate surface area is 84.3 Å². The predicted molar refractivity (Wildman–Crippen MR) is 50.7 cm³/mol. The second-order valence-electron chi connectivity index (χ2n) is 2.73. The molecule has 0 radical (unpaired) electrons. The van der Waals surface area contributed by atoms with E-state index in [-0.39, 0.29) is 11.5 Å². The molecule has 5 nitrogen and oxygen atoms in total. The quantitative estimate of drug-likeness (QED) is 0.747. The molecule has 2 rings (SSSR count). The van der Waals surface area contributed by atoms with Gasteiger partial charge in [0, 0.05) is 6.20 Å². The monoisotopic (exact) mass is 205 g/mol. The minimum atomic E-state index is -0.698. The molecule has 0 spiro atoms. The van der Waals surface area contributed by atoms with Crippen LogP contribution in [0.2, 0.25) is 0 Å². The van der Waals surface area contributed by atoms with E-state index in [9.17, 15) is 9.59 Å². The zero-order valence-electron chi connectivity index (χ0n) is 7.60. The normalized spacial score (nSPS) is 9.87. The van der Waals surface area contributed by atoms with Gasteiger partial charge in [-0.3, -0.25) is 4.79 Å². The molecule has 0 aliphatic carbocycles. The lowest BCUT2D eigenvalue weighted by molar-refractivity contribution is 0.0699. The molecule has 0 saturated heterocycles. The number of hydrogen-bond acceptors (Lipinski definition) is 4. The largest absolute Gasteiger partial charge is 0.457 e. The fraction of sp³-hybridized carbons (Fsp3) is 0. The van der Waals surface area contributed by atoms with Crippen LogP contribution in [0, 0.1) is 0 Å². The Morgan fingerprint density at radius 2 is 2.20 bits per heavy atom. The Morgan fingerprint density at radius 1 is 1.33 bits per heavy atom. The first-order valence-corrected chi connectivity index (χ1v) is 4.21. The number of hydrogen-bond donors (Lipinski definition) is 1. The molecule has 0 aliphatic rings. The molecule has 0 bridgehead atoms. The Hall–Kier alpha value is -2.30. The number of esters is 1. The second kappa shape index (κ2) is 3.83. The third kappa shape index (κ3) is 1.96. The van der Waals surface area contributed by atoms with Gasteiger partial charge in [-0.2, -0.15) is 0 Å². The first kappa shape index (κ1) is 9.26. The Balaban J connectivity index is 2.20. The topological polar surface area (TPSA) is 72.3 Å². The number of H-pyrrole nitrogens is 1. The van der Waals surface area contributed by atoms with Gasteiger partial charge in [-0.15, -0.1) is 0 Å². The smallest absolute Gasteiger partial charge is 0.379 e. The number of carbonyl (C=O) groups excluding carboxylic acids is 1. The number of ether oxygens (including phenoxy) is 1. The van der Waals surface area contributed by atoms with Crippen LogP contribution in [0.5, 0.6) is 5.75 Å². The van der Waals surface area contributed by atoms with E-state index < -0.39 is 11.5 Å². The molecular weight excluding hydrogens is 198 g/mol. The van der Waals surface area contributed by atoms with Crippen LogP contribution in [0.4, 0.5) is 0 Å². The van der Waals surface area contributed by atoms with Crippen molar-refractivity contribution < 1.29 is 13.9 Å². The Bertz CT molecular complexity index is 512. The van der Waals surface area contributed by atoms with Gasteiger partial charge in [0.05, 0.1) is 6.26 Å². The van der Waals surface area contributed by atoms with E-state index in [1.165, 1.54) is 24.6 Å². The van der Waals surface area contributed by atoms with Crippen molar-refractivity contribution in [2.24, 2.45) is 0 Å². The molecule has 0 aromatic carbocycles. The summed E-state index contributed by atoms with van der Waals surface area (Å²) in [5.74, 6) is -0.700. The van der Waals surface area contributed by atoms with Crippen LogP contribution >= 0.6 is 0 Å². The number of carbonyl (C=O) groups is 1. The lowest BCUT2D eigenvalue weighted by atomic mass is 10.4. The summed E-state index contributed by atoms with van der Waals surface area (Å²) in [4.78, 5) is 24.9. The van der Waals surface area contributed by atoms with Gasteiger partial charge in [-0.25, -0.2) is 4.79 Å². The molecule has 0 saturated carbocycles. The van der Waals surface area contributed by atoms with Crippen LogP contribution in [0.1, 0.15) is 10.6 Å². The van der Waals surface area contributed by atoms with Gasteiger partial charge in [0.2, 0.25) is 5.76 Å². The maximum absolute atomic E-state index is 11.4. The molecule has 76 valence electrons. The lowest BCUT2D eigenvalue weighted by Gasteiger charge is -1.99. The van der Waals surface area contributed by atoms with E-state index >= 15 is 0 Å². The van der Waals surface area contributed by atoms with E-state index in [4.69, 9.17) is 9.15 Å². The minimum absolute atomic E-state index is 0.0539. The third-order valence-corrected chi connectivity index (χ3v) is 1.71. The van der Waals surface area contributed by atoms with Crippen LogP contribution in [-0.2, 0) is 0 Å². The Morgan fingerprint density at radius 3 is 2.87 bits per heavy atom. The molecule has 0 fully saturated rings. The van der Waals surface area contributed by atoms with Crippen molar-refractivity contribution in [1.82, 2.24) is 4.98 Å². The fourth-order valence-electron chi connectivity index (χ4n) is 1.03. The first-order valence-electron chi connectivity index (χ1n) is 4.21. The average Bonchev–Trinajstić information content (AvgIpc) is 2.74. The van der Waals surface area contributed by atoms with Crippen molar-refractivity contribution in [3.8, 4) is 5.75 Å². The number of pyridine rings is 1. The zero-order valence-corrected chi connectivity index (χ0v) is 7.60. The second-order valence-corrected chi connectivity index (χ2v) is 2.73. The van der Waals surface area contributed by atoms with Gasteiger partial charge in [-0.05, 0) is 24.3 Å². The highest BCUT2D eigenvalue weighted by molar-refractivity contribution is 5.87. The number of aromatic nitrogens is 1. The van der Waals surface area contributed by atoms with E-state index in [0.29, 0.717) is 0 Å². The van der Waals surface area contributed by atoms with Crippen molar-refractivity contribution in [2.75, 3.05) is 0 Å². The van der Waals surface area contributed by atoms with E-state index in [2.05, 4.69) is 4.98 Å². The molecule has 2 aromatic heterocycles. The van der Waals surface area contributed by atoms with Crippen molar-refractivity contribution in [3.63, 3.8) is 0 Å². The molecule has 15 heavy (non-hydrogen) atoms.